The summed E-state index contributed by atoms with van der Waals surface area (Å²) in [5, 5.41) is 6.14. The van der Waals surface area contributed by atoms with Gasteiger partial charge in [-0.15, -0.1) is 0 Å². The van der Waals surface area contributed by atoms with Crippen LogP contribution in [0.5, 0.6) is 0 Å². The standard InChI is InChI=1S/C23H40N3O6P/c1-15(2)19-21(27)30-33(24-19,25-20(16(3)4)22(28)31-33)32-23(29)26(17-11-7-5-8-12-17)18-13-9-6-10-14-18/h15-20,24-25H,5-14H2,1-4H3/t19-,20-/m0/s1. The van der Waals surface area contributed by atoms with E-state index in [1.165, 1.54) is 12.8 Å². The van der Waals surface area contributed by atoms with Gasteiger partial charge in [-0.3, -0.25) is 0 Å². The molecule has 0 radical (unpaired) electrons. The molecule has 2 saturated heterocycles. The summed E-state index contributed by atoms with van der Waals surface area (Å²) >= 11 is 0. The van der Waals surface area contributed by atoms with Gasteiger partial charge in [-0.25, -0.2) is 0 Å². The first kappa shape index (κ1) is 24.7. The molecule has 2 aliphatic carbocycles. The van der Waals surface area contributed by atoms with Gasteiger partial charge in [-0.05, 0) is 0 Å². The zero-order valence-corrected chi connectivity index (χ0v) is 21.3. The molecular formula is C23H40N3O6P. The van der Waals surface area contributed by atoms with Crippen LogP contribution in [0.1, 0.15) is 91.9 Å². The summed E-state index contributed by atoms with van der Waals surface area (Å²) in [6.45, 7) is 7.47. The topological polar surface area (TPSA) is 106 Å². The van der Waals surface area contributed by atoms with Crippen molar-refractivity contribution in [1.82, 2.24) is 15.1 Å². The number of amides is 1. The summed E-state index contributed by atoms with van der Waals surface area (Å²) in [5.74, 6) is -1.41. The van der Waals surface area contributed by atoms with E-state index >= 15 is 0 Å². The molecule has 2 aliphatic heterocycles. The summed E-state index contributed by atoms with van der Waals surface area (Å²) < 4.78 is 17.7. The van der Waals surface area contributed by atoms with Crippen LogP contribution >= 0.6 is 7.59 Å². The molecular weight excluding hydrogens is 445 g/mol. The van der Waals surface area contributed by atoms with Crippen molar-refractivity contribution in [2.75, 3.05) is 0 Å². The van der Waals surface area contributed by atoms with Crippen molar-refractivity contribution in [3.63, 3.8) is 0 Å². The fourth-order valence-electron chi connectivity index (χ4n) is 5.62. The average Bonchev–Trinajstić information content (AvgIpc) is 3.22. The van der Waals surface area contributed by atoms with E-state index in [1.807, 2.05) is 32.6 Å². The third kappa shape index (κ3) is 4.73. The summed E-state index contributed by atoms with van der Waals surface area (Å²) in [6.07, 6.45) is 9.86. The quantitative estimate of drug-likeness (QED) is 0.546. The number of carbonyl (C=O) groups excluding carboxylic acids is 3. The van der Waals surface area contributed by atoms with Crippen molar-refractivity contribution in [2.24, 2.45) is 11.8 Å². The van der Waals surface area contributed by atoms with Crippen molar-refractivity contribution in [2.45, 2.75) is 116 Å². The molecule has 2 atom stereocenters. The van der Waals surface area contributed by atoms with Crippen molar-refractivity contribution in [3.05, 3.63) is 0 Å². The van der Waals surface area contributed by atoms with Crippen LogP contribution in [-0.2, 0) is 23.2 Å². The molecule has 1 spiro atoms. The summed E-state index contributed by atoms with van der Waals surface area (Å²) in [4.78, 5) is 41.4. The molecule has 188 valence electrons. The first-order valence-electron chi connectivity index (χ1n) is 12.7. The van der Waals surface area contributed by atoms with Crippen LogP contribution in [0, 0.1) is 11.8 Å². The predicted octanol–water partition coefficient (Wildman–Crippen LogP) is 4.56. The Morgan fingerprint density at radius 1 is 0.818 bits per heavy atom. The Hall–Kier alpha value is -1.44. The van der Waals surface area contributed by atoms with Gasteiger partial charge in [-0.2, -0.15) is 0 Å². The van der Waals surface area contributed by atoms with Crippen LogP contribution in [-0.4, -0.2) is 47.1 Å². The predicted molar refractivity (Wildman–Crippen MR) is 125 cm³/mol. The van der Waals surface area contributed by atoms with Crippen LogP contribution in [0.2, 0.25) is 0 Å². The minimum atomic E-state index is -4.74. The van der Waals surface area contributed by atoms with E-state index in [4.69, 9.17) is 13.6 Å². The van der Waals surface area contributed by atoms with Gasteiger partial charge in [-0.1, -0.05) is 0 Å². The van der Waals surface area contributed by atoms with E-state index in [-0.39, 0.29) is 23.9 Å². The molecule has 4 rings (SSSR count). The Bertz CT molecular complexity index is 724. The second-order valence-electron chi connectivity index (χ2n) is 10.8. The molecule has 0 aromatic carbocycles. The number of nitrogens with one attached hydrogen (secondary N) is 2. The summed E-state index contributed by atoms with van der Waals surface area (Å²) in [6, 6.07) is -1.29. The van der Waals surface area contributed by atoms with E-state index in [0.717, 1.165) is 51.4 Å². The van der Waals surface area contributed by atoms with Gasteiger partial charge in [0.25, 0.3) is 0 Å². The molecule has 4 fully saturated rings. The third-order valence-corrected chi connectivity index (χ3v) is 10.4. The van der Waals surface area contributed by atoms with Crippen molar-refractivity contribution >= 4 is 25.6 Å². The zero-order chi connectivity index (χ0) is 23.8. The van der Waals surface area contributed by atoms with Gasteiger partial charge in [0.05, 0.1) is 0 Å². The van der Waals surface area contributed by atoms with Crippen LogP contribution in [0.15, 0.2) is 0 Å². The van der Waals surface area contributed by atoms with Crippen molar-refractivity contribution in [3.8, 4) is 0 Å². The molecule has 0 aromatic heterocycles. The molecule has 10 heteroatoms. The number of nitrogens with zero attached hydrogens (tertiary/aromatic N) is 1. The number of hydrogen-bond acceptors (Lipinski definition) is 8. The van der Waals surface area contributed by atoms with Gasteiger partial charge in [0.15, 0.2) is 0 Å². The molecule has 2 saturated carbocycles. The molecule has 0 aromatic rings. The minimum absolute atomic E-state index is 0.0892. The van der Waals surface area contributed by atoms with Crippen LogP contribution in [0.4, 0.5) is 4.79 Å². The average molecular weight is 486 g/mol. The summed E-state index contributed by atoms with van der Waals surface area (Å²) in [5.41, 5.74) is 0. The van der Waals surface area contributed by atoms with Gasteiger partial charge in [0.2, 0.25) is 0 Å². The van der Waals surface area contributed by atoms with Crippen molar-refractivity contribution < 1.29 is 28.0 Å². The monoisotopic (exact) mass is 485 g/mol. The molecule has 0 unspecified atom stereocenters. The van der Waals surface area contributed by atoms with E-state index in [0.29, 0.717) is 0 Å². The second kappa shape index (κ2) is 9.31. The van der Waals surface area contributed by atoms with Gasteiger partial charge in [0, 0.05) is 0 Å². The van der Waals surface area contributed by atoms with Crippen LogP contribution < -0.4 is 10.2 Å². The number of carbonyl (C=O) groups is 3. The molecule has 2 N–H and O–H groups in total. The third-order valence-electron chi connectivity index (χ3n) is 7.47. The Morgan fingerprint density at radius 2 is 1.21 bits per heavy atom. The first-order valence-corrected chi connectivity index (χ1v) is 14.7. The van der Waals surface area contributed by atoms with Crippen LogP contribution in [0.25, 0.3) is 0 Å². The molecule has 1 amide bonds. The Morgan fingerprint density at radius 3 is 1.55 bits per heavy atom. The second-order valence-corrected chi connectivity index (χ2v) is 13.6. The SMILES string of the molecule is CC(C)[C@@H]1NP2(OC(=O)N(C3CCCCC3)C3CCCCC3)(N[C@@H](C(C)C)C(=O)O2)OC1=O. The van der Waals surface area contributed by atoms with Gasteiger partial charge < -0.3 is 0 Å². The van der Waals surface area contributed by atoms with E-state index in [9.17, 15) is 14.4 Å². The fraction of sp³-hybridized carbons (Fsp3) is 0.870. The number of rotatable bonds is 5. The Labute approximate surface area is 196 Å². The van der Waals surface area contributed by atoms with Crippen molar-refractivity contribution in [1.29, 1.82) is 0 Å². The molecule has 4 aliphatic rings. The zero-order valence-electron chi connectivity index (χ0n) is 20.4. The van der Waals surface area contributed by atoms with E-state index < -0.39 is 37.7 Å². The molecule has 33 heavy (non-hydrogen) atoms. The Kier molecular flexibility index (Phi) is 6.96. The maximum absolute atomic E-state index is 13.9. The maximum atomic E-state index is 13.9. The molecule has 2 heterocycles. The van der Waals surface area contributed by atoms with Gasteiger partial charge >= 0.3 is 197 Å². The fourth-order valence-corrected chi connectivity index (χ4v) is 9.15. The summed E-state index contributed by atoms with van der Waals surface area (Å²) in [7, 11) is -4.74. The Balaban J connectivity index is 1.67. The first-order chi connectivity index (χ1) is 15.6. The van der Waals surface area contributed by atoms with Crippen LogP contribution in [0.3, 0.4) is 0 Å². The molecule has 0 bridgehead atoms. The van der Waals surface area contributed by atoms with E-state index in [2.05, 4.69) is 10.2 Å². The molecule has 9 nitrogen and oxygen atoms in total. The van der Waals surface area contributed by atoms with Gasteiger partial charge in [0.1, 0.15) is 0 Å². The van der Waals surface area contributed by atoms with E-state index in [1.54, 1.807) is 0 Å². The number of hydrogen-bond donors (Lipinski definition) is 2. The normalized spacial score (nSPS) is 31.3.